The van der Waals surface area contributed by atoms with E-state index in [-0.39, 0.29) is 27.9 Å². The van der Waals surface area contributed by atoms with Crippen molar-refractivity contribution in [2.75, 3.05) is 18.1 Å². The summed E-state index contributed by atoms with van der Waals surface area (Å²) in [7, 11) is -4.43. The second-order valence-corrected chi connectivity index (χ2v) is 8.50. The molecule has 1 heterocycles. The molecule has 3 rings (SSSR count). The first-order valence-corrected chi connectivity index (χ1v) is 10.5. The molecule has 156 valence electrons. The van der Waals surface area contributed by atoms with Crippen molar-refractivity contribution in [1.29, 1.82) is 0 Å². The Morgan fingerprint density at radius 1 is 1.10 bits per heavy atom. The van der Waals surface area contributed by atoms with Gasteiger partial charge in [0.15, 0.2) is 0 Å². The number of benzene rings is 2. The number of sulfonamides is 1. The van der Waals surface area contributed by atoms with Gasteiger partial charge in [0.05, 0.1) is 10.5 Å². The average molecular weight is 428 g/mol. The lowest BCUT2D eigenvalue weighted by Gasteiger charge is -2.18. The topological polar surface area (TPSA) is 101 Å². The van der Waals surface area contributed by atoms with Crippen LogP contribution in [0.1, 0.15) is 21.5 Å². The van der Waals surface area contributed by atoms with Crippen LogP contribution in [-0.2, 0) is 19.6 Å². The molecule has 3 amide bonds. The molecule has 2 aromatic rings. The van der Waals surface area contributed by atoms with Gasteiger partial charge in [0.2, 0.25) is 0 Å². The van der Waals surface area contributed by atoms with Gasteiger partial charge < -0.3 is 4.74 Å². The van der Waals surface area contributed by atoms with Gasteiger partial charge in [-0.25, -0.2) is 18.0 Å². The molecule has 30 heavy (non-hydrogen) atoms. The van der Waals surface area contributed by atoms with Crippen molar-refractivity contribution in [3.8, 4) is 0 Å². The van der Waals surface area contributed by atoms with E-state index in [1.54, 1.807) is 18.2 Å². The van der Waals surface area contributed by atoms with Gasteiger partial charge in [-0.1, -0.05) is 18.7 Å². The van der Waals surface area contributed by atoms with Gasteiger partial charge in [-0.05, 0) is 61.4 Å². The van der Waals surface area contributed by atoms with Gasteiger partial charge >= 0.3 is 12.0 Å². The Morgan fingerprint density at radius 2 is 1.77 bits per heavy atom. The largest absolute Gasteiger partial charge is 0.458 e. The van der Waals surface area contributed by atoms with E-state index in [1.165, 1.54) is 18.2 Å². The SMILES string of the molecule is C=CCOC(=O)c1ccc(S(=O)(=O)N2C(=O)CN(c3ccc(C)c(C)c3)C2=O)cc1. The van der Waals surface area contributed by atoms with E-state index >= 15 is 0 Å². The second-order valence-electron chi connectivity index (χ2n) is 6.71. The Labute approximate surface area is 174 Å². The molecule has 0 aliphatic carbocycles. The van der Waals surface area contributed by atoms with Gasteiger partial charge in [0, 0.05) is 5.69 Å². The van der Waals surface area contributed by atoms with Crippen LogP contribution in [-0.4, -0.2) is 43.8 Å². The molecule has 1 aliphatic heterocycles. The molecule has 0 saturated carbocycles. The zero-order valence-electron chi connectivity index (χ0n) is 16.5. The van der Waals surface area contributed by atoms with Gasteiger partial charge in [-0.15, -0.1) is 4.31 Å². The van der Waals surface area contributed by atoms with E-state index in [0.29, 0.717) is 5.69 Å². The minimum absolute atomic E-state index is 0.0178. The molecule has 0 spiro atoms. The number of carbonyl (C=O) groups excluding carboxylic acids is 3. The Kier molecular flexibility index (Phi) is 5.75. The lowest BCUT2D eigenvalue weighted by atomic mass is 10.1. The maximum absolute atomic E-state index is 12.9. The molecule has 0 aromatic heterocycles. The normalized spacial score (nSPS) is 14.2. The zero-order valence-corrected chi connectivity index (χ0v) is 17.3. The van der Waals surface area contributed by atoms with Crippen LogP contribution in [0.2, 0.25) is 0 Å². The summed E-state index contributed by atoms with van der Waals surface area (Å²) >= 11 is 0. The summed E-state index contributed by atoms with van der Waals surface area (Å²) in [5, 5.41) is 0. The average Bonchev–Trinajstić information content (AvgIpc) is 3.03. The van der Waals surface area contributed by atoms with Gasteiger partial charge in [-0.2, -0.15) is 0 Å². The van der Waals surface area contributed by atoms with Gasteiger partial charge in [0.25, 0.3) is 15.9 Å². The summed E-state index contributed by atoms with van der Waals surface area (Å²) in [6.45, 7) is 6.84. The lowest BCUT2D eigenvalue weighted by Crippen LogP contribution is -2.38. The summed E-state index contributed by atoms with van der Waals surface area (Å²) in [6.07, 6.45) is 1.41. The number of urea groups is 1. The zero-order chi connectivity index (χ0) is 22.1. The third kappa shape index (κ3) is 3.84. The predicted molar refractivity (Wildman–Crippen MR) is 110 cm³/mol. The molecule has 1 saturated heterocycles. The number of imide groups is 1. The van der Waals surface area contributed by atoms with E-state index < -0.39 is 27.9 Å². The van der Waals surface area contributed by atoms with Crippen LogP contribution in [0.3, 0.4) is 0 Å². The standard InChI is InChI=1S/C21H20N2O6S/c1-4-11-29-20(25)16-6-9-18(10-7-16)30(27,28)23-19(24)13-22(21(23)26)17-8-5-14(2)15(3)12-17/h4-10,12H,1,11,13H2,2-3H3. The highest BCUT2D eigenvalue weighted by atomic mass is 32.2. The first kappa shape index (κ1) is 21.3. The monoisotopic (exact) mass is 428 g/mol. The summed E-state index contributed by atoms with van der Waals surface area (Å²) in [4.78, 5) is 37.9. The fourth-order valence-corrected chi connectivity index (χ4v) is 4.22. The summed E-state index contributed by atoms with van der Waals surface area (Å²) in [5.41, 5.74) is 2.49. The molecule has 1 fully saturated rings. The first-order chi connectivity index (χ1) is 14.2. The van der Waals surface area contributed by atoms with E-state index in [0.717, 1.165) is 28.2 Å². The molecular formula is C21H20N2O6S. The van der Waals surface area contributed by atoms with Crippen molar-refractivity contribution in [2.45, 2.75) is 18.7 Å². The van der Waals surface area contributed by atoms with Crippen LogP contribution in [0.15, 0.2) is 60.0 Å². The van der Waals surface area contributed by atoms with E-state index in [9.17, 15) is 22.8 Å². The Bertz CT molecular complexity index is 1140. The number of anilines is 1. The number of carbonyl (C=O) groups is 3. The summed E-state index contributed by atoms with van der Waals surface area (Å²) in [6, 6.07) is 9.04. The molecule has 9 heteroatoms. The Morgan fingerprint density at radius 3 is 2.37 bits per heavy atom. The number of ether oxygens (including phenoxy) is 1. The highest BCUT2D eigenvalue weighted by Crippen LogP contribution is 2.28. The Hall–Kier alpha value is -3.46. The molecule has 0 bridgehead atoms. The number of esters is 1. The minimum Gasteiger partial charge on any atom is -0.458 e. The van der Waals surface area contributed by atoms with Crippen molar-refractivity contribution in [3.63, 3.8) is 0 Å². The van der Waals surface area contributed by atoms with Crippen molar-refractivity contribution in [2.24, 2.45) is 0 Å². The fraction of sp³-hybridized carbons (Fsp3) is 0.190. The van der Waals surface area contributed by atoms with Crippen LogP contribution in [0.4, 0.5) is 10.5 Å². The molecule has 0 N–H and O–H groups in total. The Balaban J connectivity index is 1.87. The van der Waals surface area contributed by atoms with Gasteiger partial charge in [0.1, 0.15) is 13.2 Å². The van der Waals surface area contributed by atoms with Crippen LogP contribution in [0, 0.1) is 13.8 Å². The molecule has 0 unspecified atom stereocenters. The predicted octanol–water partition coefficient (Wildman–Crippen LogP) is 2.80. The minimum atomic E-state index is -4.43. The maximum Gasteiger partial charge on any atom is 0.346 e. The number of hydrogen-bond donors (Lipinski definition) is 0. The molecular weight excluding hydrogens is 408 g/mol. The van der Waals surface area contributed by atoms with Crippen molar-refractivity contribution in [3.05, 3.63) is 71.8 Å². The van der Waals surface area contributed by atoms with Gasteiger partial charge in [-0.3, -0.25) is 9.69 Å². The first-order valence-electron chi connectivity index (χ1n) is 9.02. The maximum atomic E-state index is 12.9. The van der Waals surface area contributed by atoms with Crippen molar-refractivity contribution in [1.82, 2.24) is 4.31 Å². The molecule has 2 aromatic carbocycles. The number of amides is 3. The molecule has 8 nitrogen and oxygen atoms in total. The molecule has 0 atom stereocenters. The fourth-order valence-electron chi connectivity index (χ4n) is 2.90. The molecule has 1 aliphatic rings. The lowest BCUT2D eigenvalue weighted by molar-refractivity contribution is -0.121. The highest BCUT2D eigenvalue weighted by Gasteiger charge is 2.45. The summed E-state index contributed by atoms with van der Waals surface area (Å²) in [5.74, 6) is -1.50. The summed E-state index contributed by atoms with van der Waals surface area (Å²) < 4.78 is 31.0. The quantitative estimate of drug-likeness (QED) is 0.398. The number of rotatable bonds is 6. The number of aryl methyl sites for hydroxylation is 2. The van der Waals surface area contributed by atoms with Crippen molar-refractivity contribution < 1.29 is 27.5 Å². The van der Waals surface area contributed by atoms with Crippen LogP contribution in [0.25, 0.3) is 0 Å². The third-order valence-corrected chi connectivity index (χ3v) is 6.40. The molecule has 0 radical (unpaired) electrons. The van der Waals surface area contributed by atoms with Crippen LogP contribution >= 0.6 is 0 Å². The number of hydrogen-bond acceptors (Lipinski definition) is 6. The highest BCUT2D eigenvalue weighted by molar-refractivity contribution is 7.90. The van der Waals surface area contributed by atoms with Crippen LogP contribution in [0.5, 0.6) is 0 Å². The smallest absolute Gasteiger partial charge is 0.346 e. The van der Waals surface area contributed by atoms with Crippen LogP contribution < -0.4 is 4.90 Å². The van der Waals surface area contributed by atoms with E-state index in [1.807, 2.05) is 13.8 Å². The van der Waals surface area contributed by atoms with E-state index in [4.69, 9.17) is 4.74 Å². The van der Waals surface area contributed by atoms with E-state index in [2.05, 4.69) is 6.58 Å². The third-order valence-electron chi connectivity index (χ3n) is 4.69. The van der Waals surface area contributed by atoms with Crippen molar-refractivity contribution >= 4 is 33.6 Å². The number of nitrogens with zero attached hydrogens (tertiary/aromatic N) is 2. The second kappa shape index (κ2) is 8.11.